The lowest BCUT2D eigenvalue weighted by Gasteiger charge is -2.56. The van der Waals surface area contributed by atoms with Crippen LogP contribution >= 0.6 is 0 Å². The number of hydrogen-bond acceptors (Lipinski definition) is 4. The molecule has 4 fully saturated rings. The van der Waals surface area contributed by atoms with Crippen LogP contribution in [0.4, 0.5) is 0 Å². The molecule has 6 nitrogen and oxygen atoms in total. The molecule has 1 N–H and O–H groups in total. The molecule has 4 saturated carbocycles. The van der Waals surface area contributed by atoms with Crippen molar-refractivity contribution in [2.45, 2.75) is 50.6 Å². The van der Waals surface area contributed by atoms with Crippen LogP contribution in [0, 0.1) is 17.8 Å². The molecule has 6 heteroatoms. The highest BCUT2D eigenvalue weighted by Gasteiger charge is 2.51. The number of carbonyl (C=O) groups excluding carboxylic acids is 1. The summed E-state index contributed by atoms with van der Waals surface area (Å²) in [5, 5.41) is 7.59. The number of aromatic nitrogens is 2. The first kappa shape index (κ1) is 15.9. The molecule has 0 aromatic carbocycles. The molecular weight excluding hydrogens is 330 g/mol. The minimum atomic E-state index is -0.277. The summed E-state index contributed by atoms with van der Waals surface area (Å²) in [6.45, 7) is -0.0465. The van der Waals surface area contributed by atoms with Crippen LogP contribution in [0.2, 0.25) is 0 Å². The Morgan fingerprint density at radius 2 is 1.85 bits per heavy atom. The van der Waals surface area contributed by atoms with Crippen molar-refractivity contribution in [2.24, 2.45) is 17.8 Å². The summed E-state index contributed by atoms with van der Waals surface area (Å²) < 4.78 is 6.56. The number of carbonyl (C=O) groups is 1. The zero-order valence-corrected chi connectivity index (χ0v) is 14.7. The minimum absolute atomic E-state index is 0.0465. The largest absolute Gasteiger partial charge is 0.463 e. The van der Waals surface area contributed by atoms with Gasteiger partial charge in [-0.15, -0.1) is 0 Å². The summed E-state index contributed by atoms with van der Waals surface area (Å²) in [4.78, 5) is 24.8. The molecule has 0 saturated heterocycles. The van der Waals surface area contributed by atoms with Crippen molar-refractivity contribution in [1.82, 2.24) is 15.1 Å². The van der Waals surface area contributed by atoms with Gasteiger partial charge in [0.25, 0.3) is 5.56 Å². The molecule has 6 rings (SSSR count). The predicted octanol–water partition coefficient (Wildman–Crippen LogP) is 2.59. The van der Waals surface area contributed by atoms with E-state index in [0.29, 0.717) is 11.5 Å². The van der Waals surface area contributed by atoms with Crippen molar-refractivity contribution in [3.05, 3.63) is 40.9 Å². The molecule has 4 bridgehead atoms. The van der Waals surface area contributed by atoms with Gasteiger partial charge >= 0.3 is 0 Å². The van der Waals surface area contributed by atoms with Crippen LogP contribution in [0.5, 0.6) is 0 Å². The van der Waals surface area contributed by atoms with Gasteiger partial charge in [0.15, 0.2) is 5.76 Å². The van der Waals surface area contributed by atoms with E-state index in [1.807, 2.05) is 0 Å². The van der Waals surface area contributed by atoms with Gasteiger partial charge < -0.3 is 9.73 Å². The van der Waals surface area contributed by atoms with Gasteiger partial charge in [0.2, 0.25) is 5.91 Å². The van der Waals surface area contributed by atoms with Crippen molar-refractivity contribution in [3.63, 3.8) is 0 Å². The second kappa shape index (κ2) is 5.83. The highest BCUT2D eigenvalue weighted by molar-refractivity contribution is 5.76. The van der Waals surface area contributed by atoms with Gasteiger partial charge in [-0.05, 0) is 74.5 Å². The van der Waals surface area contributed by atoms with E-state index in [1.54, 1.807) is 24.5 Å². The third-order valence-electron chi connectivity index (χ3n) is 6.38. The van der Waals surface area contributed by atoms with E-state index < -0.39 is 0 Å². The first-order chi connectivity index (χ1) is 12.6. The number of amides is 1. The molecule has 1 amide bonds. The summed E-state index contributed by atoms with van der Waals surface area (Å²) in [5.74, 6) is 2.78. The van der Waals surface area contributed by atoms with E-state index in [1.165, 1.54) is 30.0 Å². The summed E-state index contributed by atoms with van der Waals surface area (Å²) in [6, 6.07) is 6.61. The third kappa shape index (κ3) is 2.77. The fraction of sp³-hybridized carbons (Fsp3) is 0.550. The van der Waals surface area contributed by atoms with Gasteiger partial charge in [-0.25, -0.2) is 4.68 Å². The average Bonchev–Trinajstić information content (AvgIpc) is 3.09. The second-order valence-electron chi connectivity index (χ2n) is 8.44. The predicted molar refractivity (Wildman–Crippen MR) is 95.2 cm³/mol. The Labute approximate surface area is 151 Å². The first-order valence-electron chi connectivity index (χ1n) is 9.52. The van der Waals surface area contributed by atoms with Crippen molar-refractivity contribution in [2.75, 3.05) is 0 Å². The summed E-state index contributed by atoms with van der Waals surface area (Å²) in [6.07, 6.45) is 8.86. The Morgan fingerprint density at radius 1 is 1.15 bits per heavy atom. The van der Waals surface area contributed by atoms with Crippen LogP contribution in [0.25, 0.3) is 11.5 Å². The fourth-order valence-electron chi connectivity index (χ4n) is 5.85. The molecule has 0 aliphatic heterocycles. The number of furan rings is 1. The van der Waals surface area contributed by atoms with Crippen LogP contribution in [-0.2, 0) is 11.3 Å². The van der Waals surface area contributed by atoms with Crippen LogP contribution in [0.1, 0.15) is 38.5 Å². The van der Waals surface area contributed by atoms with Gasteiger partial charge in [-0.3, -0.25) is 9.59 Å². The monoisotopic (exact) mass is 353 g/mol. The maximum absolute atomic E-state index is 12.7. The Hall–Kier alpha value is -2.37. The normalized spacial score (nSPS) is 31.9. The molecule has 2 aromatic rings. The summed E-state index contributed by atoms with van der Waals surface area (Å²) >= 11 is 0. The maximum Gasteiger partial charge on any atom is 0.267 e. The maximum atomic E-state index is 12.7. The van der Waals surface area contributed by atoms with Crippen molar-refractivity contribution < 1.29 is 9.21 Å². The molecule has 0 radical (unpaired) electrons. The van der Waals surface area contributed by atoms with E-state index in [-0.39, 0.29) is 23.6 Å². The van der Waals surface area contributed by atoms with Gasteiger partial charge in [-0.2, -0.15) is 5.10 Å². The van der Waals surface area contributed by atoms with E-state index >= 15 is 0 Å². The van der Waals surface area contributed by atoms with Gasteiger partial charge in [0, 0.05) is 11.6 Å². The number of hydrogen-bond donors (Lipinski definition) is 1. The topological polar surface area (TPSA) is 77.1 Å². The Kier molecular flexibility index (Phi) is 3.55. The first-order valence-corrected chi connectivity index (χ1v) is 9.52. The van der Waals surface area contributed by atoms with Gasteiger partial charge in [-0.1, -0.05) is 0 Å². The molecule has 4 aliphatic carbocycles. The summed E-state index contributed by atoms with van der Waals surface area (Å²) in [7, 11) is 0. The third-order valence-corrected chi connectivity index (χ3v) is 6.38. The Balaban J connectivity index is 1.33. The van der Waals surface area contributed by atoms with Crippen LogP contribution in [-0.4, -0.2) is 21.2 Å². The molecule has 4 aliphatic rings. The van der Waals surface area contributed by atoms with E-state index in [2.05, 4.69) is 10.4 Å². The lowest BCUT2D eigenvalue weighted by atomic mass is 9.53. The van der Waals surface area contributed by atoms with Crippen LogP contribution in [0.3, 0.4) is 0 Å². The van der Waals surface area contributed by atoms with Crippen LogP contribution < -0.4 is 10.9 Å². The highest BCUT2D eigenvalue weighted by Crippen LogP contribution is 2.55. The smallest absolute Gasteiger partial charge is 0.267 e. The average molecular weight is 353 g/mol. The second-order valence-corrected chi connectivity index (χ2v) is 8.44. The molecule has 2 heterocycles. The van der Waals surface area contributed by atoms with Crippen molar-refractivity contribution >= 4 is 5.91 Å². The number of nitrogens with zero attached hydrogens (tertiary/aromatic N) is 2. The standard InChI is InChI=1S/C20H23N3O3/c24-18(21-20-9-13-6-14(10-20)8-15(7-13)11-20)12-23-19(25)4-3-16(22-23)17-2-1-5-26-17/h1-5,13-15H,6-12H2,(H,21,24). The molecule has 136 valence electrons. The van der Waals surface area contributed by atoms with Crippen LogP contribution in [0.15, 0.2) is 39.7 Å². The van der Waals surface area contributed by atoms with Gasteiger partial charge in [0.05, 0.1) is 6.26 Å². The Morgan fingerprint density at radius 3 is 2.46 bits per heavy atom. The minimum Gasteiger partial charge on any atom is -0.463 e. The molecule has 0 spiro atoms. The number of rotatable bonds is 4. The quantitative estimate of drug-likeness (QED) is 0.916. The molecule has 0 unspecified atom stereocenters. The lowest BCUT2D eigenvalue weighted by Crippen LogP contribution is -2.60. The summed E-state index contributed by atoms with van der Waals surface area (Å²) in [5.41, 5.74) is 0.229. The lowest BCUT2D eigenvalue weighted by molar-refractivity contribution is -0.127. The van der Waals surface area contributed by atoms with Gasteiger partial charge in [0.1, 0.15) is 12.2 Å². The zero-order valence-electron chi connectivity index (χ0n) is 14.7. The molecule has 26 heavy (non-hydrogen) atoms. The molecular formula is C20H23N3O3. The number of nitrogens with one attached hydrogen (secondary N) is 1. The van der Waals surface area contributed by atoms with E-state index in [0.717, 1.165) is 37.0 Å². The van der Waals surface area contributed by atoms with Crippen molar-refractivity contribution in [3.8, 4) is 11.5 Å². The molecule has 0 atom stereocenters. The fourth-order valence-corrected chi connectivity index (χ4v) is 5.85. The zero-order chi connectivity index (χ0) is 17.7. The molecule has 2 aromatic heterocycles. The SMILES string of the molecule is O=C(Cn1nc(-c2ccco2)ccc1=O)NC12CC3CC(CC(C3)C1)C2. The van der Waals surface area contributed by atoms with E-state index in [9.17, 15) is 9.59 Å². The van der Waals surface area contributed by atoms with Crippen molar-refractivity contribution in [1.29, 1.82) is 0 Å². The van der Waals surface area contributed by atoms with E-state index in [4.69, 9.17) is 4.42 Å². The Bertz CT molecular complexity index is 849. The highest BCUT2D eigenvalue weighted by atomic mass is 16.3.